The average Bonchev–Trinajstić information content (AvgIpc) is 2.86. The van der Waals surface area contributed by atoms with Crippen molar-refractivity contribution >= 4 is 11.9 Å². The Kier molecular flexibility index (Phi) is 4.51. The summed E-state index contributed by atoms with van der Waals surface area (Å²) in [7, 11) is 0. The van der Waals surface area contributed by atoms with Gasteiger partial charge in [0.2, 0.25) is 0 Å². The van der Waals surface area contributed by atoms with Gasteiger partial charge in [0.1, 0.15) is 0 Å². The molecule has 102 valence electrons. The van der Waals surface area contributed by atoms with E-state index in [1.165, 1.54) is 0 Å². The van der Waals surface area contributed by atoms with E-state index in [1.807, 2.05) is 0 Å². The van der Waals surface area contributed by atoms with Gasteiger partial charge >= 0.3 is 5.97 Å². The van der Waals surface area contributed by atoms with Gasteiger partial charge < -0.3 is 24.6 Å². The number of nitrogens with one attached hydrogen (secondary N) is 1. The number of ether oxygens (including phenoxy) is 3. The Bertz CT molecular complexity index is 315. The summed E-state index contributed by atoms with van der Waals surface area (Å²) in [5.74, 6) is -1.19. The van der Waals surface area contributed by atoms with Gasteiger partial charge in [0.25, 0.3) is 5.91 Å². The summed E-state index contributed by atoms with van der Waals surface area (Å²) >= 11 is 0. The number of rotatable bonds is 4. The normalized spacial score (nSPS) is 32.1. The van der Waals surface area contributed by atoms with Crippen molar-refractivity contribution in [3.63, 3.8) is 0 Å². The molecule has 3 unspecified atom stereocenters. The maximum absolute atomic E-state index is 11.7. The molecular weight excluding hydrogens is 242 g/mol. The third-order valence-corrected chi connectivity index (χ3v) is 3.00. The van der Waals surface area contributed by atoms with E-state index in [-0.39, 0.29) is 18.6 Å². The first-order valence-corrected chi connectivity index (χ1v) is 6.02. The molecule has 2 aliphatic rings. The summed E-state index contributed by atoms with van der Waals surface area (Å²) in [5.41, 5.74) is 0. The van der Waals surface area contributed by atoms with Crippen LogP contribution in [0.3, 0.4) is 0 Å². The predicted molar refractivity (Wildman–Crippen MR) is 59.1 cm³/mol. The van der Waals surface area contributed by atoms with Gasteiger partial charge in [-0.15, -0.1) is 0 Å². The van der Waals surface area contributed by atoms with Gasteiger partial charge in [-0.3, -0.25) is 4.79 Å². The largest absolute Gasteiger partial charge is 0.479 e. The van der Waals surface area contributed by atoms with E-state index < -0.39 is 18.2 Å². The van der Waals surface area contributed by atoms with E-state index in [0.29, 0.717) is 32.6 Å². The van der Waals surface area contributed by atoms with Crippen LogP contribution in [0.5, 0.6) is 0 Å². The zero-order valence-electron chi connectivity index (χ0n) is 9.96. The van der Waals surface area contributed by atoms with Crippen LogP contribution < -0.4 is 5.32 Å². The van der Waals surface area contributed by atoms with Crippen LogP contribution in [0.2, 0.25) is 0 Å². The Morgan fingerprint density at radius 1 is 1.22 bits per heavy atom. The summed E-state index contributed by atoms with van der Waals surface area (Å²) in [5, 5.41) is 11.5. The van der Waals surface area contributed by atoms with Crippen LogP contribution >= 0.6 is 0 Å². The fraction of sp³-hybridized carbons (Fsp3) is 0.818. The molecule has 2 heterocycles. The first kappa shape index (κ1) is 13.3. The molecule has 0 bridgehead atoms. The summed E-state index contributed by atoms with van der Waals surface area (Å²) < 4.78 is 15.6. The summed E-state index contributed by atoms with van der Waals surface area (Å²) in [4.78, 5) is 22.4. The average molecular weight is 259 g/mol. The van der Waals surface area contributed by atoms with Crippen LogP contribution in [0, 0.1) is 0 Å². The first-order valence-electron chi connectivity index (χ1n) is 6.02. The van der Waals surface area contributed by atoms with Crippen LogP contribution in [0.25, 0.3) is 0 Å². The molecule has 2 aliphatic heterocycles. The van der Waals surface area contributed by atoms with Crippen molar-refractivity contribution in [1.82, 2.24) is 5.32 Å². The topological polar surface area (TPSA) is 94.1 Å². The number of hydrogen-bond donors (Lipinski definition) is 2. The summed E-state index contributed by atoms with van der Waals surface area (Å²) in [6.45, 7) is 1.49. The van der Waals surface area contributed by atoms with E-state index in [4.69, 9.17) is 19.3 Å². The SMILES string of the molecule is O=C(O)C1CCC(CNC(=O)C2COCCO2)O1. The molecule has 1 amide bonds. The van der Waals surface area contributed by atoms with Crippen molar-refractivity contribution in [2.45, 2.75) is 31.2 Å². The van der Waals surface area contributed by atoms with Crippen molar-refractivity contribution in [1.29, 1.82) is 0 Å². The van der Waals surface area contributed by atoms with E-state index in [1.54, 1.807) is 0 Å². The Morgan fingerprint density at radius 3 is 2.67 bits per heavy atom. The van der Waals surface area contributed by atoms with E-state index in [9.17, 15) is 9.59 Å². The molecule has 0 spiro atoms. The molecule has 7 nitrogen and oxygen atoms in total. The molecule has 0 aromatic carbocycles. The second kappa shape index (κ2) is 6.12. The van der Waals surface area contributed by atoms with Crippen LogP contribution in [-0.2, 0) is 23.8 Å². The van der Waals surface area contributed by atoms with Crippen molar-refractivity contribution in [2.24, 2.45) is 0 Å². The molecule has 3 atom stereocenters. The van der Waals surface area contributed by atoms with Crippen molar-refractivity contribution in [3.05, 3.63) is 0 Å². The molecule has 18 heavy (non-hydrogen) atoms. The predicted octanol–water partition coefficient (Wildman–Crippen LogP) is -0.850. The maximum Gasteiger partial charge on any atom is 0.332 e. The summed E-state index contributed by atoms with van der Waals surface area (Å²) in [6, 6.07) is 0. The van der Waals surface area contributed by atoms with Gasteiger partial charge in [0.15, 0.2) is 12.2 Å². The Morgan fingerprint density at radius 2 is 2.06 bits per heavy atom. The zero-order chi connectivity index (χ0) is 13.0. The molecule has 0 saturated carbocycles. The fourth-order valence-corrected chi connectivity index (χ4v) is 2.00. The number of carboxylic acid groups (broad SMARTS) is 1. The van der Waals surface area contributed by atoms with Gasteiger partial charge in [0.05, 0.1) is 25.9 Å². The zero-order valence-corrected chi connectivity index (χ0v) is 9.96. The lowest BCUT2D eigenvalue weighted by Crippen LogP contribution is -2.45. The minimum absolute atomic E-state index is 0.237. The third-order valence-electron chi connectivity index (χ3n) is 3.00. The molecule has 2 fully saturated rings. The molecule has 2 rings (SSSR count). The Hall–Kier alpha value is -1.18. The number of carbonyl (C=O) groups is 2. The highest BCUT2D eigenvalue weighted by Crippen LogP contribution is 2.19. The highest BCUT2D eigenvalue weighted by molar-refractivity contribution is 5.81. The molecule has 0 aliphatic carbocycles. The minimum atomic E-state index is -0.951. The monoisotopic (exact) mass is 259 g/mol. The highest BCUT2D eigenvalue weighted by atomic mass is 16.6. The molecule has 7 heteroatoms. The lowest BCUT2D eigenvalue weighted by Gasteiger charge is -2.22. The Balaban J connectivity index is 1.68. The fourth-order valence-electron chi connectivity index (χ4n) is 2.00. The van der Waals surface area contributed by atoms with Crippen molar-refractivity contribution in [3.8, 4) is 0 Å². The highest BCUT2D eigenvalue weighted by Gasteiger charge is 2.31. The lowest BCUT2D eigenvalue weighted by molar-refractivity contribution is -0.150. The van der Waals surface area contributed by atoms with Gasteiger partial charge in [-0.25, -0.2) is 4.79 Å². The number of amides is 1. The van der Waals surface area contributed by atoms with Crippen LogP contribution in [0.15, 0.2) is 0 Å². The molecule has 2 N–H and O–H groups in total. The molecule has 0 radical (unpaired) electrons. The van der Waals surface area contributed by atoms with E-state index in [2.05, 4.69) is 5.32 Å². The van der Waals surface area contributed by atoms with Crippen molar-refractivity contribution < 1.29 is 28.9 Å². The second-order valence-corrected chi connectivity index (χ2v) is 4.34. The molecular formula is C11H17NO6. The smallest absolute Gasteiger partial charge is 0.332 e. The van der Waals surface area contributed by atoms with Crippen LogP contribution in [0.1, 0.15) is 12.8 Å². The number of carbonyl (C=O) groups excluding carboxylic acids is 1. The van der Waals surface area contributed by atoms with Gasteiger partial charge in [-0.05, 0) is 12.8 Å². The molecule has 2 saturated heterocycles. The summed E-state index contributed by atoms with van der Waals surface area (Å²) in [6.07, 6.45) is -0.436. The van der Waals surface area contributed by atoms with Crippen molar-refractivity contribution in [2.75, 3.05) is 26.4 Å². The van der Waals surface area contributed by atoms with Gasteiger partial charge in [0, 0.05) is 6.54 Å². The number of hydrogen-bond acceptors (Lipinski definition) is 5. The number of carboxylic acids is 1. The quantitative estimate of drug-likeness (QED) is 0.683. The standard InChI is InChI=1S/C11H17NO6/c13-10(9-6-16-3-4-17-9)12-5-7-1-2-8(18-7)11(14)15/h7-9H,1-6H2,(H,12,13)(H,14,15). The molecule has 0 aromatic rings. The second-order valence-electron chi connectivity index (χ2n) is 4.34. The minimum Gasteiger partial charge on any atom is -0.479 e. The maximum atomic E-state index is 11.7. The van der Waals surface area contributed by atoms with Crippen LogP contribution in [-0.4, -0.2) is 61.7 Å². The lowest BCUT2D eigenvalue weighted by atomic mass is 10.2. The van der Waals surface area contributed by atoms with Crippen LogP contribution in [0.4, 0.5) is 0 Å². The van der Waals surface area contributed by atoms with E-state index in [0.717, 1.165) is 0 Å². The first-order chi connectivity index (χ1) is 8.66. The Labute approximate surface area is 104 Å². The van der Waals surface area contributed by atoms with E-state index >= 15 is 0 Å². The molecule has 0 aromatic heterocycles. The van der Waals surface area contributed by atoms with Gasteiger partial charge in [-0.2, -0.15) is 0 Å². The third kappa shape index (κ3) is 3.41. The van der Waals surface area contributed by atoms with Gasteiger partial charge in [-0.1, -0.05) is 0 Å². The number of aliphatic carboxylic acids is 1.